The summed E-state index contributed by atoms with van der Waals surface area (Å²) >= 11 is 0. The molecule has 2 atom stereocenters. The highest BCUT2D eigenvalue weighted by atomic mass is 19.4. The summed E-state index contributed by atoms with van der Waals surface area (Å²) in [5.41, 5.74) is -2.40. The van der Waals surface area contributed by atoms with E-state index in [1.165, 1.54) is 0 Å². The Hall–Kier alpha value is -2.93. The average Bonchev–Trinajstić information content (AvgIpc) is 2.65. The van der Waals surface area contributed by atoms with Crippen molar-refractivity contribution in [3.05, 3.63) is 65.0 Å². The Morgan fingerprint density at radius 2 is 1.80 bits per heavy atom. The Morgan fingerprint density at radius 1 is 1.13 bits per heavy atom. The summed E-state index contributed by atoms with van der Waals surface area (Å²) in [4.78, 5) is 3.31. The molecule has 0 spiro atoms. The van der Waals surface area contributed by atoms with Crippen LogP contribution in [0.25, 0.3) is 0 Å². The minimum atomic E-state index is -5.02. The molecule has 2 unspecified atom stereocenters. The number of halogens is 7. The van der Waals surface area contributed by atoms with Crippen LogP contribution in [-0.2, 0) is 5.92 Å². The maximum atomic E-state index is 15.2. The first-order valence-electron chi connectivity index (χ1n) is 8.16. The maximum Gasteiger partial charge on any atom is 0.418 e. The second-order valence-electron chi connectivity index (χ2n) is 6.22. The number of aliphatic hydroxyl groups excluding tert-OH is 1. The number of hydrogen-bond donors (Lipinski definition) is 3. The molecule has 0 aliphatic rings. The lowest BCUT2D eigenvalue weighted by Crippen LogP contribution is -2.40. The van der Waals surface area contributed by atoms with Crippen molar-refractivity contribution < 1.29 is 35.8 Å². The standard InChI is InChI=1S/C17H16F7N5O/c18-10-2-3-11(13(19)5-10)12(7-29(26)8-28-25)16(20,21)14-4-1-9(6-27-14)15(30)17(22,23)24/h1-6,8,12,15,30H,7,25-26H2/b28-8-. The molecule has 0 radical (unpaired) electrons. The molecule has 0 amide bonds. The molecule has 0 aliphatic heterocycles. The lowest BCUT2D eigenvalue weighted by atomic mass is 9.89. The predicted octanol–water partition coefficient (Wildman–Crippen LogP) is 2.91. The molecule has 0 saturated carbocycles. The Bertz CT molecular complexity index is 889. The van der Waals surface area contributed by atoms with Gasteiger partial charge in [0.1, 0.15) is 23.7 Å². The number of hydrazone groups is 1. The third-order valence-corrected chi connectivity index (χ3v) is 4.14. The SMILES string of the molecule is N/N=C\N(N)CC(c1ccc(F)cc1F)C(F)(F)c1ccc(C(O)C(F)(F)F)cn1. The number of hydrazine groups is 1. The molecular formula is C17H16F7N5O. The molecule has 13 heteroatoms. The molecule has 0 aliphatic carbocycles. The molecule has 0 bridgehead atoms. The van der Waals surface area contributed by atoms with E-state index in [-0.39, 0.29) is 0 Å². The summed E-state index contributed by atoms with van der Waals surface area (Å²) in [6.45, 7) is -0.759. The smallest absolute Gasteiger partial charge is 0.379 e. The van der Waals surface area contributed by atoms with E-state index in [2.05, 4.69) is 10.1 Å². The first kappa shape index (κ1) is 23.3. The fraction of sp³-hybridized carbons (Fsp3) is 0.294. The summed E-state index contributed by atoms with van der Waals surface area (Å²) in [5.74, 6) is 2.07. The van der Waals surface area contributed by atoms with Gasteiger partial charge in [0.15, 0.2) is 6.10 Å². The monoisotopic (exact) mass is 439 g/mol. The summed E-state index contributed by atoms with van der Waals surface area (Å²) in [5, 5.41) is 12.9. The highest BCUT2D eigenvalue weighted by Crippen LogP contribution is 2.43. The number of benzene rings is 1. The number of nitrogens with two attached hydrogens (primary N) is 2. The molecular weight excluding hydrogens is 423 g/mol. The van der Waals surface area contributed by atoms with Crippen LogP contribution in [0, 0.1) is 11.6 Å². The molecule has 5 N–H and O–H groups in total. The number of nitrogens with zero attached hydrogens (tertiary/aromatic N) is 3. The van der Waals surface area contributed by atoms with E-state index < -0.39 is 59.1 Å². The lowest BCUT2D eigenvalue weighted by Gasteiger charge is -2.30. The summed E-state index contributed by atoms with van der Waals surface area (Å²) in [7, 11) is 0. The van der Waals surface area contributed by atoms with Gasteiger partial charge in [-0.3, -0.25) is 9.99 Å². The van der Waals surface area contributed by atoms with Crippen LogP contribution in [0.15, 0.2) is 41.6 Å². The van der Waals surface area contributed by atoms with E-state index in [9.17, 15) is 27.1 Å². The van der Waals surface area contributed by atoms with Crippen molar-refractivity contribution in [3.8, 4) is 0 Å². The van der Waals surface area contributed by atoms with Gasteiger partial charge in [-0.05, 0) is 17.7 Å². The van der Waals surface area contributed by atoms with E-state index in [0.29, 0.717) is 29.4 Å². The van der Waals surface area contributed by atoms with Crippen LogP contribution in [0.3, 0.4) is 0 Å². The molecule has 0 saturated heterocycles. The largest absolute Gasteiger partial charge is 0.418 e. The van der Waals surface area contributed by atoms with Crippen LogP contribution in [0.2, 0.25) is 0 Å². The number of pyridine rings is 1. The molecule has 1 aromatic heterocycles. The van der Waals surface area contributed by atoms with Gasteiger partial charge in [-0.15, -0.1) is 0 Å². The zero-order valence-corrected chi connectivity index (χ0v) is 15.0. The molecule has 1 heterocycles. The summed E-state index contributed by atoms with van der Waals surface area (Å²) in [6, 6.07) is 3.13. The van der Waals surface area contributed by atoms with Gasteiger partial charge in [0.2, 0.25) is 0 Å². The molecule has 164 valence electrons. The molecule has 6 nitrogen and oxygen atoms in total. The van der Waals surface area contributed by atoms with E-state index in [1.807, 2.05) is 0 Å². The molecule has 2 rings (SSSR count). The fourth-order valence-electron chi connectivity index (χ4n) is 2.67. The van der Waals surface area contributed by atoms with E-state index in [4.69, 9.17) is 11.7 Å². The van der Waals surface area contributed by atoms with Gasteiger partial charge in [0.25, 0.3) is 5.92 Å². The number of aromatic nitrogens is 1. The van der Waals surface area contributed by atoms with E-state index in [0.717, 1.165) is 18.5 Å². The second kappa shape index (κ2) is 8.83. The lowest BCUT2D eigenvalue weighted by molar-refractivity contribution is -0.206. The molecule has 30 heavy (non-hydrogen) atoms. The Labute approximate surface area is 165 Å². The van der Waals surface area contributed by atoms with Crippen LogP contribution >= 0.6 is 0 Å². The zero-order valence-electron chi connectivity index (χ0n) is 15.0. The predicted molar refractivity (Wildman–Crippen MR) is 91.8 cm³/mol. The van der Waals surface area contributed by atoms with Crippen LogP contribution < -0.4 is 11.7 Å². The third kappa shape index (κ3) is 5.16. The fourth-order valence-corrected chi connectivity index (χ4v) is 2.67. The highest BCUT2D eigenvalue weighted by Gasteiger charge is 2.46. The van der Waals surface area contributed by atoms with Gasteiger partial charge >= 0.3 is 6.18 Å². The number of aliphatic hydroxyl groups is 1. The van der Waals surface area contributed by atoms with Gasteiger partial charge < -0.3 is 10.9 Å². The third-order valence-electron chi connectivity index (χ3n) is 4.14. The van der Waals surface area contributed by atoms with Crippen molar-refractivity contribution in [1.29, 1.82) is 0 Å². The Balaban J connectivity index is 2.47. The van der Waals surface area contributed by atoms with Crippen LogP contribution in [0.4, 0.5) is 30.7 Å². The van der Waals surface area contributed by atoms with Gasteiger partial charge in [-0.1, -0.05) is 12.1 Å². The maximum absolute atomic E-state index is 15.2. The van der Waals surface area contributed by atoms with Gasteiger partial charge in [0, 0.05) is 24.4 Å². The summed E-state index contributed by atoms with van der Waals surface area (Å²) < 4.78 is 95.5. The first-order valence-corrected chi connectivity index (χ1v) is 8.16. The minimum absolute atomic E-state index is 0.395. The van der Waals surface area contributed by atoms with Gasteiger partial charge in [-0.25, -0.2) is 14.6 Å². The minimum Gasteiger partial charge on any atom is -0.379 e. The van der Waals surface area contributed by atoms with Crippen molar-refractivity contribution in [1.82, 2.24) is 9.99 Å². The quantitative estimate of drug-likeness (QED) is 0.203. The normalized spacial score (nSPS) is 14.7. The van der Waals surface area contributed by atoms with E-state index >= 15 is 8.78 Å². The molecule has 2 aromatic rings. The van der Waals surface area contributed by atoms with Crippen LogP contribution in [0.5, 0.6) is 0 Å². The van der Waals surface area contributed by atoms with Crippen molar-refractivity contribution in [3.63, 3.8) is 0 Å². The molecule has 1 aromatic carbocycles. The van der Waals surface area contributed by atoms with Crippen molar-refractivity contribution in [2.24, 2.45) is 16.8 Å². The molecule has 0 fully saturated rings. The first-order chi connectivity index (χ1) is 13.9. The van der Waals surface area contributed by atoms with Crippen LogP contribution in [-0.4, -0.2) is 34.2 Å². The van der Waals surface area contributed by atoms with Crippen molar-refractivity contribution in [2.75, 3.05) is 6.54 Å². The number of hydrogen-bond acceptors (Lipinski definition) is 5. The van der Waals surface area contributed by atoms with Crippen LogP contribution in [0.1, 0.15) is 28.8 Å². The van der Waals surface area contributed by atoms with Gasteiger partial charge in [0.05, 0.1) is 5.92 Å². The summed E-state index contributed by atoms with van der Waals surface area (Å²) in [6.07, 6.45) is -6.73. The Morgan fingerprint density at radius 3 is 2.30 bits per heavy atom. The topological polar surface area (TPSA) is 101 Å². The van der Waals surface area contributed by atoms with E-state index in [1.54, 1.807) is 0 Å². The van der Waals surface area contributed by atoms with Crippen molar-refractivity contribution >= 4 is 6.34 Å². The number of rotatable bonds is 7. The van der Waals surface area contributed by atoms with Crippen molar-refractivity contribution in [2.45, 2.75) is 24.1 Å². The van der Waals surface area contributed by atoms with Gasteiger partial charge in [-0.2, -0.15) is 27.1 Å². The zero-order chi connectivity index (χ0) is 22.7. The highest BCUT2D eigenvalue weighted by molar-refractivity contribution is 5.53. The average molecular weight is 439 g/mol. The Kier molecular flexibility index (Phi) is 6.87. The number of alkyl halides is 5. The second-order valence-corrected chi connectivity index (χ2v) is 6.22.